The van der Waals surface area contributed by atoms with Crippen LogP contribution < -0.4 is 5.73 Å². The van der Waals surface area contributed by atoms with Gasteiger partial charge in [-0.15, -0.1) is 12.4 Å². The summed E-state index contributed by atoms with van der Waals surface area (Å²) in [4.78, 5) is 11.6. The fraction of sp³-hybridized carbons (Fsp3) is 0.417. The number of hydrogen-bond acceptors (Lipinski definition) is 3. The molecule has 0 spiro atoms. The molecule has 2 N–H and O–H groups in total. The Balaban J connectivity index is 0.00000144. The maximum atomic E-state index is 11.6. The Bertz CT molecular complexity index is 437. The SMILES string of the molecule is COC(=O)C1(N)CC1(C)c1ccc(Br)cc1.Cl. The number of rotatable bonds is 2. The maximum absolute atomic E-state index is 11.6. The normalized spacial score (nSPS) is 30.4. The molecule has 0 bridgehead atoms. The van der Waals surface area contributed by atoms with E-state index in [2.05, 4.69) is 15.9 Å². The standard InChI is InChI=1S/C12H14BrNO2.ClH/c1-11(7-12(11,14)10(15)16-2)8-3-5-9(13)6-4-8;/h3-6H,7,14H2,1-2H3;1H. The third-order valence-corrected chi connectivity index (χ3v) is 4.05. The Labute approximate surface area is 115 Å². The van der Waals surface area contributed by atoms with Crippen LogP contribution in [0.3, 0.4) is 0 Å². The van der Waals surface area contributed by atoms with Crippen molar-refractivity contribution in [2.45, 2.75) is 24.3 Å². The topological polar surface area (TPSA) is 52.3 Å². The van der Waals surface area contributed by atoms with Crippen molar-refractivity contribution in [3.63, 3.8) is 0 Å². The van der Waals surface area contributed by atoms with Crippen molar-refractivity contribution in [2.75, 3.05) is 7.11 Å². The lowest BCUT2D eigenvalue weighted by atomic mass is 9.93. The Morgan fingerprint density at radius 1 is 1.41 bits per heavy atom. The Morgan fingerprint density at radius 3 is 2.41 bits per heavy atom. The molecule has 0 radical (unpaired) electrons. The van der Waals surface area contributed by atoms with Crippen LogP contribution in [-0.4, -0.2) is 18.6 Å². The second-order valence-electron chi connectivity index (χ2n) is 4.48. The number of carbonyl (C=O) groups is 1. The van der Waals surface area contributed by atoms with Gasteiger partial charge < -0.3 is 10.5 Å². The number of methoxy groups -OCH3 is 1. The van der Waals surface area contributed by atoms with Gasteiger partial charge in [-0.05, 0) is 24.1 Å². The highest BCUT2D eigenvalue weighted by atomic mass is 79.9. The van der Waals surface area contributed by atoms with Crippen LogP contribution in [0.25, 0.3) is 0 Å². The van der Waals surface area contributed by atoms with Gasteiger partial charge in [0, 0.05) is 9.89 Å². The van der Waals surface area contributed by atoms with Gasteiger partial charge in [-0.1, -0.05) is 35.0 Å². The van der Waals surface area contributed by atoms with E-state index < -0.39 is 5.54 Å². The molecule has 2 unspecified atom stereocenters. The first-order chi connectivity index (χ1) is 7.44. The van der Waals surface area contributed by atoms with E-state index in [1.165, 1.54) is 7.11 Å². The zero-order valence-electron chi connectivity index (χ0n) is 9.70. The van der Waals surface area contributed by atoms with Crippen molar-refractivity contribution >= 4 is 34.3 Å². The zero-order chi connectivity index (χ0) is 12.0. The summed E-state index contributed by atoms with van der Waals surface area (Å²) in [5, 5.41) is 0. The minimum absolute atomic E-state index is 0. The molecule has 1 fully saturated rings. The van der Waals surface area contributed by atoms with E-state index in [-0.39, 0.29) is 23.8 Å². The Morgan fingerprint density at radius 2 is 1.94 bits per heavy atom. The highest BCUT2D eigenvalue weighted by molar-refractivity contribution is 9.10. The summed E-state index contributed by atoms with van der Waals surface area (Å²) in [7, 11) is 1.37. The molecule has 0 saturated heterocycles. The summed E-state index contributed by atoms with van der Waals surface area (Å²) in [6.45, 7) is 1.99. The molecule has 0 amide bonds. The molecular weight excluding hydrogens is 305 g/mol. The van der Waals surface area contributed by atoms with Gasteiger partial charge in [0.25, 0.3) is 0 Å². The van der Waals surface area contributed by atoms with E-state index in [0.717, 1.165) is 10.0 Å². The Kier molecular flexibility index (Phi) is 3.91. The van der Waals surface area contributed by atoms with Gasteiger partial charge in [0.05, 0.1) is 7.11 Å². The fourth-order valence-electron chi connectivity index (χ4n) is 2.17. The lowest BCUT2D eigenvalue weighted by Crippen LogP contribution is -2.41. The van der Waals surface area contributed by atoms with Crippen molar-refractivity contribution < 1.29 is 9.53 Å². The molecule has 1 aromatic rings. The highest BCUT2D eigenvalue weighted by Gasteiger charge is 2.68. The van der Waals surface area contributed by atoms with Crippen molar-refractivity contribution in [2.24, 2.45) is 5.73 Å². The zero-order valence-corrected chi connectivity index (χ0v) is 12.1. The average Bonchev–Trinajstić information content (AvgIpc) is 2.84. The molecule has 17 heavy (non-hydrogen) atoms. The minimum Gasteiger partial charge on any atom is -0.468 e. The van der Waals surface area contributed by atoms with Crippen LogP contribution in [0.1, 0.15) is 18.9 Å². The number of nitrogens with two attached hydrogens (primary N) is 1. The quantitative estimate of drug-likeness (QED) is 0.851. The van der Waals surface area contributed by atoms with Crippen LogP contribution in [0.2, 0.25) is 0 Å². The van der Waals surface area contributed by atoms with Gasteiger partial charge in [0.15, 0.2) is 0 Å². The van der Waals surface area contributed by atoms with Crippen LogP contribution in [0, 0.1) is 0 Å². The van der Waals surface area contributed by atoms with E-state index in [1.54, 1.807) is 0 Å². The predicted molar refractivity (Wildman–Crippen MR) is 72.3 cm³/mol. The van der Waals surface area contributed by atoms with Crippen LogP contribution >= 0.6 is 28.3 Å². The molecule has 1 aromatic carbocycles. The molecule has 3 nitrogen and oxygen atoms in total. The van der Waals surface area contributed by atoms with E-state index in [1.807, 2.05) is 31.2 Å². The molecular formula is C12H15BrClNO2. The first-order valence-electron chi connectivity index (χ1n) is 5.07. The summed E-state index contributed by atoms with van der Waals surface area (Å²) in [6, 6.07) is 7.89. The van der Waals surface area contributed by atoms with Crippen LogP contribution in [0.4, 0.5) is 0 Å². The van der Waals surface area contributed by atoms with E-state index in [0.29, 0.717) is 6.42 Å². The summed E-state index contributed by atoms with van der Waals surface area (Å²) in [5.41, 5.74) is 5.97. The molecule has 2 atom stereocenters. The Hall–Kier alpha value is -0.580. The second kappa shape index (κ2) is 4.59. The van der Waals surface area contributed by atoms with Crippen molar-refractivity contribution in [3.05, 3.63) is 34.3 Å². The molecule has 0 aromatic heterocycles. The molecule has 2 rings (SSSR count). The number of hydrogen-bond donors (Lipinski definition) is 1. The van der Waals surface area contributed by atoms with Gasteiger partial charge in [0.2, 0.25) is 0 Å². The molecule has 0 heterocycles. The van der Waals surface area contributed by atoms with Gasteiger partial charge in [-0.25, -0.2) is 0 Å². The molecule has 1 aliphatic carbocycles. The van der Waals surface area contributed by atoms with Crippen LogP contribution in [0.5, 0.6) is 0 Å². The summed E-state index contributed by atoms with van der Waals surface area (Å²) < 4.78 is 5.76. The van der Waals surface area contributed by atoms with E-state index in [4.69, 9.17) is 10.5 Å². The third-order valence-electron chi connectivity index (χ3n) is 3.52. The first-order valence-corrected chi connectivity index (χ1v) is 5.87. The van der Waals surface area contributed by atoms with Crippen molar-refractivity contribution in [1.29, 1.82) is 0 Å². The highest BCUT2D eigenvalue weighted by Crippen LogP contribution is 2.56. The average molecular weight is 321 g/mol. The molecule has 5 heteroatoms. The number of carbonyl (C=O) groups excluding carboxylic acids is 1. The van der Waals surface area contributed by atoms with Gasteiger partial charge in [-0.3, -0.25) is 4.79 Å². The van der Waals surface area contributed by atoms with E-state index in [9.17, 15) is 4.79 Å². The molecule has 1 aliphatic rings. The number of esters is 1. The largest absolute Gasteiger partial charge is 0.468 e. The van der Waals surface area contributed by atoms with Gasteiger partial charge in [0.1, 0.15) is 5.54 Å². The summed E-state index contributed by atoms with van der Waals surface area (Å²) >= 11 is 3.38. The predicted octanol–water partition coefficient (Wildman–Crippen LogP) is 2.40. The van der Waals surface area contributed by atoms with E-state index >= 15 is 0 Å². The molecule has 94 valence electrons. The summed E-state index contributed by atoms with van der Waals surface area (Å²) in [5.74, 6) is -0.335. The van der Waals surface area contributed by atoms with Crippen LogP contribution in [-0.2, 0) is 14.9 Å². The maximum Gasteiger partial charge on any atom is 0.326 e. The van der Waals surface area contributed by atoms with Crippen molar-refractivity contribution in [3.8, 4) is 0 Å². The smallest absolute Gasteiger partial charge is 0.326 e. The lowest BCUT2D eigenvalue weighted by molar-refractivity contribution is -0.143. The monoisotopic (exact) mass is 319 g/mol. The van der Waals surface area contributed by atoms with Gasteiger partial charge >= 0.3 is 5.97 Å². The number of ether oxygens (including phenoxy) is 1. The second-order valence-corrected chi connectivity index (χ2v) is 5.39. The molecule has 1 saturated carbocycles. The minimum atomic E-state index is -0.865. The van der Waals surface area contributed by atoms with Crippen molar-refractivity contribution in [1.82, 2.24) is 0 Å². The van der Waals surface area contributed by atoms with Crippen LogP contribution in [0.15, 0.2) is 28.7 Å². The fourth-order valence-corrected chi connectivity index (χ4v) is 2.43. The lowest BCUT2D eigenvalue weighted by Gasteiger charge is -2.17. The number of halogens is 2. The molecule has 0 aliphatic heterocycles. The number of benzene rings is 1. The first kappa shape index (κ1) is 14.5. The summed E-state index contributed by atoms with van der Waals surface area (Å²) in [6.07, 6.45) is 0.633. The van der Waals surface area contributed by atoms with Gasteiger partial charge in [-0.2, -0.15) is 0 Å². The third kappa shape index (κ3) is 2.09.